The Balaban J connectivity index is 2.54. The SMILES string of the molecule is CCCCC#CCC(CCOCc1ccccc1)O[Si](C)(C)C(C)(C)C. The van der Waals surface area contributed by atoms with E-state index in [4.69, 9.17) is 9.16 Å². The molecule has 3 heteroatoms. The molecule has 26 heavy (non-hydrogen) atoms. The molecular weight excluding hydrogens is 336 g/mol. The second-order valence-corrected chi connectivity index (χ2v) is 13.2. The van der Waals surface area contributed by atoms with E-state index < -0.39 is 8.32 Å². The van der Waals surface area contributed by atoms with Crippen LogP contribution < -0.4 is 0 Å². The Morgan fingerprint density at radius 3 is 2.38 bits per heavy atom. The van der Waals surface area contributed by atoms with Gasteiger partial charge in [-0.3, -0.25) is 0 Å². The predicted octanol–water partition coefficient (Wildman–Crippen LogP) is 6.57. The third-order valence-electron chi connectivity index (χ3n) is 5.07. The van der Waals surface area contributed by atoms with Crippen molar-refractivity contribution in [2.45, 2.75) is 90.6 Å². The van der Waals surface area contributed by atoms with Gasteiger partial charge in [-0.2, -0.15) is 0 Å². The van der Waals surface area contributed by atoms with Crippen molar-refractivity contribution < 1.29 is 9.16 Å². The third kappa shape index (κ3) is 9.03. The lowest BCUT2D eigenvalue weighted by Crippen LogP contribution is -2.44. The summed E-state index contributed by atoms with van der Waals surface area (Å²) in [5, 5.41) is 0.214. The van der Waals surface area contributed by atoms with Gasteiger partial charge in [0, 0.05) is 19.4 Å². The zero-order chi connectivity index (χ0) is 19.5. The molecule has 0 aliphatic heterocycles. The molecule has 0 amide bonds. The Morgan fingerprint density at radius 2 is 1.77 bits per heavy atom. The molecular formula is C23H38O2Si. The lowest BCUT2D eigenvalue weighted by molar-refractivity contribution is 0.0790. The molecule has 0 heterocycles. The average Bonchev–Trinajstić information content (AvgIpc) is 2.58. The second kappa shape index (κ2) is 11.6. The second-order valence-electron chi connectivity index (χ2n) is 8.49. The molecule has 146 valence electrons. The molecule has 1 rings (SSSR count). The summed E-state index contributed by atoms with van der Waals surface area (Å²) in [4.78, 5) is 0. The number of benzene rings is 1. The van der Waals surface area contributed by atoms with Crippen LogP contribution in [0.3, 0.4) is 0 Å². The summed E-state index contributed by atoms with van der Waals surface area (Å²) in [5.41, 5.74) is 1.22. The Bertz CT molecular complexity index is 549. The van der Waals surface area contributed by atoms with Crippen molar-refractivity contribution in [3.63, 3.8) is 0 Å². The minimum Gasteiger partial charge on any atom is -0.413 e. The normalized spacial score (nSPS) is 13.2. The van der Waals surface area contributed by atoms with Crippen LogP contribution in [0.25, 0.3) is 0 Å². The molecule has 0 saturated heterocycles. The summed E-state index contributed by atoms with van der Waals surface area (Å²) in [6, 6.07) is 10.3. The summed E-state index contributed by atoms with van der Waals surface area (Å²) in [6.45, 7) is 15.1. The minimum atomic E-state index is -1.79. The van der Waals surface area contributed by atoms with E-state index in [1.165, 1.54) is 18.4 Å². The molecule has 0 aliphatic rings. The quantitative estimate of drug-likeness (QED) is 0.262. The lowest BCUT2D eigenvalue weighted by atomic mass is 10.2. The van der Waals surface area contributed by atoms with Crippen LogP contribution in [0.5, 0.6) is 0 Å². The smallest absolute Gasteiger partial charge is 0.192 e. The fraction of sp³-hybridized carbons (Fsp3) is 0.652. The first-order chi connectivity index (χ1) is 12.3. The molecule has 1 atom stereocenters. The van der Waals surface area contributed by atoms with E-state index in [9.17, 15) is 0 Å². The van der Waals surface area contributed by atoms with Crippen LogP contribution in [-0.2, 0) is 15.8 Å². The number of hydrogen-bond acceptors (Lipinski definition) is 2. The fourth-order valence-corrected chi connectivity index (χ4v) is 3.70. The van der Waals surface area contributed by atoms with Gasteiger partial charge in [0.25, 0.3) is 0 Å². The first-order valence-electron chi connectivity index (χ1n) is 10.0. The van der Waals surface area contributed by atoms with Crippen molar-refractivity contribution in [3.8, 4) is 11.8 Å². The lowest BCUT2D eigenvalue weighted by Gasteiger charge is -2.39. The van der Waals surface area contributed by atoms with Crippen LogP contribution in [0.15, 0.2) is 30.3 Å². The fourth-order valence-electron chi connectivity index (χ4n) is 2.31. The molecule has 1 aromatic carbocycles. The van der Waals surface area contributed by atoms with Crippen LogP contribution in [0, 0.1) is 11.8 Å². The average molecular weight is 375 g/mol. The molecule has 0 fully saturated rings. The van der Waals surface area contributed by atoms with Crippen molar-refractivity contribution in [3.05, 3.63) is 35.9 Å². The monoisotopic (exact) mass is 374 g/mol. The molecule has 0 radical (unpaired) electrons. The number of unbranched alkanes of at least 4 members (excludes halogenated alkanes) is 2. The molecule has 1 aromatic rings. The third-order valence-corrected chi connectivity index (χ3v) is 9.61. The van der Waals surface area contributed by atoms with Gasteiger partial charge in [0.1, 0.15) is 0 Å². The van der Waals surface area contributed by atoms with E-state index >= 15 is 0 Å². The van der Waals surface area contributed by atoms with Gasteiger partial charge in [0.2, 0.25) is 0 Å². The Morgan fingerprint density at radius 1 is 1.08 bits per heavy atom. The molecule has 0 spiro atoms. The zero-order valence-electron chi connectivity index (χ0n) is 17.7. The van der Waals surface area contributed by atoms with Gasteiger partial charge < -0.3 is 9.16 Å². The van der Waals surface area contributed by atoms with Crippen molar-refractivity contribution in [1.29, 1.82) is 0 Å². The highest BCUT2D eigenvalue weighted by atomic mass is 28.4. The maximum atomic E-state index is 6.62. The highest BCUT2D eigenvalue weighted by molar-refractivity contribution is 6.74. The number of ether oxygens (including phenoxy) is 1. The molecule has 0 aromatic heterocycles. The van der Waals surface area contributed by atoms with E-state index in [2.05, 4.69) is 64.8 Å². The maximum absolute atomic E-state index is 6.62. The largest absolute Gasteiger partial charge is 0.413 e. The molecule has 0 saturated carbocycles. The van der Waals surface area contributed by atoms with Gasteiger partial charge in [0.15, 0.2) is 8.32 Å². The molecule has 1 unspecified atom stereocenters. The van der Waals surface area contributed by atoms with Crippen LogP contribution in [-0.4, -0.2) is 21.0 Å². The summed E-state index contributed by atoms with van der Waals surface area (Å²) < 4.78 is 12.5. The standard InChI is InChI=1S/C23H38O2Si/c1-7-8-9-10-14-17-22(25-26(5,6)23(2,3)4)18-19-24-20-21-15-12-11-13-16-21/h11-13,15-16,22H,7-9,17-20H2,1-6H3. The van der Waals surface area contributed by atoms with Crippen LogP contribution in [0.1, 0.15) is 65.4 Å². The van der Waals surface area contributed by atoms with Gasteiger partial charge in [-0.25, -0.2) is 0 Å². The predicted molar refractivity (Wildman–Crippen MR) is 115 cm³/mol. The number of rotatable bonds is 10. The summed E-state index contributed by atoms with van der Waals surface area (Å²) in [5.74, 6) is 6.65. The van der Waals surface area contributed by atoms with Crippen LogP contribution >= 0.6 is 0 Å². The van der Waals surface area contributed by atoms with E-state index in [1.54, 1.807) is 0 Å². The van der Waals surface area contributed by atoms with E-state index in [1.807, 2.05) is 18.2 Å². The summed E-state index contributed by atoms with van der Waals surface area (Å²) in [6.07, 6.45) is 5.26. The zero-order valence-corrected chi connectivity index (χ0v) is 18.7. The maximum Gasteiger partial charge on any atom is 0.192 e. The van der Waals surface area contributed by atoms with Gasteiger partial charge in [0.05, 0.1) is 12.7 Å². The molecule has 0 aliphatic carbocycles. The minimum absolute atomic E-state index is 0.167. The van der Waals surface area contributed by atoms with Gasteiger partial charge in [-0.1, -0.05) is 64.4 Å². The molecule has 0 bridgehead atoms. The Hall–Kier alpha value is -1.08. The Labute approximate surface area is 162 Å². The topological polar surface area (TPSA) is 18.5 Å². The van der Waals surface area contributed by atoms with E-state index in [-0.39, 0.29) is 11.1 Å². The summed E-state index contributed by atoms with van der Waals surface area (Å²) in [7, 11) is -1.79. The summed E-state index contributed by atoms with van der Waals surface area (Å²) >= 11 is 0. The van der Waals surface area contributed by atoms with E-state index in [0.717, 1.165) is 19.3 Å². The van der Waals surface area contributed by atoms with Crippen molar-refractivity contribution in [2.24, 2.45) is 0 Å². The highest BCUT2D eigenvalue weighted by Crippen LogP contribution is 2.37. The van der Waals surface area contributed by atoms with Gasteiger partial charge >= 0.3 is 0 Å². The van der Waals surface area contributed by atoms with Gasteiger partial charge in [-0.15, -0.1) is 11.8 Å². The van der Waals surface area contributed by atoms with Crippen molar-refractivity contribution in [2.75, 3.05) is 6.61 Å². The van der Waals surface area contributed by atoms with Crippen LogP contribution in [0.4, 0.5) is 0 Å². The van der Waals surface area contributed by atoms with Crippen LogP contribution in [0.2, 0.25) is 18.1 Å². The van der Waals surface area contributed by atoms with Crippen molar-refractivity contribution in [1.82, 2.24) is 0 Å². The molecule has 2 nitrogen and oxygen atoms in total. The van der Waals surface area contributed by atoms with Crippen molar-refractivity contribution >= 4 is 8.32 Å². The first-order valence-corrected chi connectivity index (χ1v) is 12.9. The Kier molecular flexibility index (Phi) is 10.2. The van der Waals surface area contributed by atoms with Gasteiger partial charge in [-0.05, 0) is 36.5 Å². The molecule has 0 N–H and O–H groups in total. The number of hydrogen-bond donors (Lipinski definition) is 0. The highest BCUT2D eigenvalue weighted by Gasteiger charge is 2.38. The van der Waals surface area contributed by atoms with E-state index in [0.29, 0.717) is 13.2 Å². The first kappa shape index (κ1) is 23.0.